The number of carbonyl (C=O) groups excluding carboxylic acids is 2. The van der Waals surface area contributed by atoms with Gasteiger partial charge in [0.2, 0.25) is 5.91 Å². The zero-order chi connectivity index (χ0) is 15.4. The SMILES string of the molecule is C[C@H](NC(=O)CCC1=NC(=O)C2C=CC=CC2=N1)C(=O)O. The topological polar surface area (TPSA) is 108 Å². The number of amides is 2. The van der Waals surface area contributed by atoms with Crippen LogP contribution >= 0.6 is 0 Å². The molecule has 7 nitrogen and oxygen atoms in total. The molecule has 1 unspecified atom stereocenters. The van der Waals surface area contributed by atoms with Gasteiger partial charge in [0.05, 0.1) is 5.71 Å². The molecular formula is C14H15N3O4. The van der Waals surface area contributed by atoms with E-state index in [0.717, 1.165) is 0 Å². The first-order valence-corrected chi connectivity index (χ1v) is 6.54. The number of carboxylic acids is 1. The van der Waals surface area contributed by atoms with Crippen molar-refractivity contribution in [1.82, 2.24) is 5.32 Å². The Hall–Kier alpha value is -2.57. The largest absolute Gasteiger partial charge is 0.480 e. The van der Waals surface area contributed by atoms with E-state index in [1.807, 2.05) is 0 Å². The maximum Gasteiger partial charge on any atom is 0.325 e. The number of fused-ring (bicyclic) bond motifs is 1. The van der Waals surface area contributed by atoms with Crippen molar-refractivity contribution in [3.63, 3.8) is 0 Å². The van der Waals surface area contributed by atoms with Gasteiger partial charge in [-0.25, -0.2) is 4.99 Å². The highest BCUT2D eigenvalue weighted by molar-refractivity contribution is 6.21. The highest BCUT2D eigenvalue weighted by atomic mass is 16.4. The van der Waals surface area contributed by atoms with Crippen molar-refractivity contribution in [3.05, 3.63) is 24.3 Å². The van der Waals surface area contributed by atoms with Crippen LogP contribution in [0.25, 0.3) is 0 Å². The third-order valence-electron chi connectivity index (χ3n) is 3.09. The third-order valence-corrected chi connectivity index (χ3v) is 3.09. The predicted molar refractivity (Wildman–Crippen MR) is 76.1 cm³/mol. The summed E-state index contributed by atoms with van der Waals surface area (Å²) in [5.74, 6) is -1.95. The van der Waals surface area contributed by atoms with Gasteiger partial charge in [0.15, 0.2) is 0 Å². The van der Waals surface area contributed by atoms with E-state index in [9.17, 15) is 14.4 Å². The number of aliphatic imine (C=N–C) groups is 2. The van der Waals surface area contributed by atoms with Gasteiger partial charge in [-0.3, -0.25) is 14.4 Å². The summed E-state index contributed by atoms with van der Waals surface area (Å²) in [4.78, 5) is 42.1. The summed E-state index contributed by atoms with van der Waals surface area (Å²) in [5, 5.41) is 11.0. The summed E-state index contributed by atoms with van der Waals surface area (Å²) < 4.78 is 0. The second-order valence-corrected chi connectivity index (χ2v) is 4.75. The minimum atomic E-state index is -1.10. The average molecular weight is 289 g/mol. The van der Waals surface area contributed by atoms with E-state index in [1.165, 1.54) is 6.92 Å². The van der Waals surface area contributed by atoms with Crippen molar-refractivity contribution in [2.24, 2.45) is 15.9 Å². The maximum atomic E-state index is 11.8. The molecule has 2 amide bonds. The summed E-state index contributed by atoms with van der Waals surface area (Å²) >= 11 is 0. The summed E-state index contributed by atoms with van der Waals surface area (Å²) in [6.07, 6.45) is 7.24. The lowest BCUT2D eigenvalue weighted by molar-refractivity contribution is -0.141. The first-order chi connectivity index (χ1) is 9.97. The molecule has 0 saturated heterocycles. The summed E-state index contributed by atoms with van der Waals surface area (Å²) in [5.41, 5.74) is 0.617. The molecule has 2 rings (SSSR count). The number of carboxylic acid groups (broad SMARTS) is 1. The minimum absolute atomic E-state index is 0.0325. The molecule has 0 fully saturated rings. The van der Waals surface area contributed by atoms with Gasteiger partial charge in [0, 0.05) is 12.8 Å². The Bertz CT molecular complexity index is 601. The van der Waals surface area contributed by atoms with Crippen molar-refractivity contribution >= 4 is 29.3 Å². The van der Waals surface area contributed by atoms with Crippen LogP contribution in [-0.2, 0) is 14.4 Å². The van der Waals surface area contributed by atoms with Crippen LogP contribution in [0.15, 0.2) is 34.3 Å². The predicted octanol–water partition coefficient (Wildman–Crippen LogP) is 0.478. The molecule has 1 aliphatic carbocycles. The zero-order valence-corrected chi connectivity index (χ0v) is 11.4. The fourth-order valence-electron chi connectivity index (χ4n) is 1.93. The number of amidine groups is 1. The van der Waals surface area contributed by atoms with Gasteiger partial charge in [0.1, 0.15) is 17.8 Å². The molecule has 0 aromatic carbocycles. The Balaban J connectivity index is 1.92. The number of nitrogens with zero attached hydrogens (tertiary/aromatic N) is 2. The number of rotatable bonds is 5. The summed E-state index contributed by atoms with van der Waals surface area (Å²) in [6.45, 7) is 1.38. The van der Waals surface area contributed by atoms with Crippen molar-refractivity contribution in [3.8, 4) is 0 Å². The van der Waals surface area contributed by atoms with Crippen LogP contribution < -0.4 is 5.32 Å². The fourth-order valence-corrected chi connectivity index (χ4v) is 1.93. The molecule has 21 heavy (non-hydrogen) atoms. The van der Waals surface area contributed by atoms with Gasteiger partial charge in [-0.15, -0.1) is 0 Å². The third kappa shape index (κ3) is 3.71. The van der Waals surface area contributed by atoms with Crippen LogP contribution in [0.2, 0.25) is 0 Å². The summed E-state index contributed by atoms with van der Waals surface area (Å²) in [6, 6.07) is -0.950. The summed E-state index contributed by atoms with van der Waals surface area (Å²) in [7, 11) is 0. The normalized spacial score (nSPS) is 21.2. The monoisotopic (exact) mass is 289 g/mol. The van der Waals surface area contributed by atoms with Crippen LogP contribution in [0, 0.1) is 5.92 Å². The molecule has 0 bridgehead atoms. The number of allylic oxidation sites excluding steroid dienone is 3. The van der Waals surface area contributed by atoms with Crippen LogP contribution in [0.5, 0.6) is 0 Å². The molecule has 2 N–H and O–H groups in total. The van der Waals surface area contributed by atoms with E-state index in [1.54, 1.807) is 24.3 Å². The number of nitrogens with one attached hydrogen (secondary N) is 1. The van der Waals surface area contributed by atoms with E-state index in [0.29, 0.717) is 11.5 Å². The quantitative estimate of drug-likeness (QED) is 0.767. The standard InChI is InChI=1S/C14H15N3O4/c1-8(14(20)21)15-12(18)7-6-11-16-10-5-3-2-4-9(10)13(19)17-11/h2-5,8-9H,6-7H2,1H3,(H,15,18)(H,20,21)/t8-,9?/m0/s1. The van der Waals surface area contributed by atoms with Crippen molar-refractivity contribution in [2.45, 2.75) is 25.8 Å². The molecule has 0 aromatic heterocycles. The number of aliphatic carboxylic acids is 1. The number of carbonyl (C=O) groups is 3. The lowest BCUT2D eigenvalue weighted by Gasteiger charge is -2.17. The number of hydrogen-bond acceptors (Lipinski definition) is 4. The molecular weight excluding hydrogens is 274 g/mol. The van der Waals surface area contributed by atoms with Crippen LogP contribution in [-0.4, -0.2) is 40.5 Å². The van der Waals surface area contributed by atoms with E-state index < -0.39 is 23.8 Å². The molecule has 2 atom stereocenters. The molecule has 7 heteroatoms. The van der Waals surface area contributed by atoms with Crippen LogP contribution in [0.3, 0.4) is 0 Å². The fraction of sp³-hybridized carbons (Fsp3) is 0.357. The van der Waals surface area contributed by atoms with Crippen LogP contribution in [0.1, 0.15) is 19.8 Å². The maximum absolute atomic E-state index is 11.8. The zero-order valence-electron chi connectivity index (χ0n) is 11.4. The Morgan fingerprint density at radius 3 is 2.86 bits per heavy atom. The average Bonchev–Trinajstić information content (AvgIpc) is 2.45. The smallest absolute Gasteiger partial charge is 0.325 e. The Morgan fingerprint density at radius 2 is 2.14 bits per heavy atom. The van der Waals surface area contributed by atoms with E-state index in [4.69, 9.17) is 5.11 Å². The second kappa shape index (κ2) is 6.25. The van der Waals surface area contributed by atoms with Gasteiger partial charge in [0.25, 0.3) is 5.91 Å². The molecule has 0 radical (unpaired) electrons. The molecule has 0 saturated carbocycles. The highest BCUT2D eigenvalue weighted by Crippen LogP contribution is 2.17. The molecule has 0 spiro atoms. The lowest BCUT2D eigenvalue weighted by atomic mass is 9.96. The van der Waals surface area contributed by atoms with Crippen molar-refractivity contribution in [1.29, 1.82) is 0 Å². The number of hydrogen-bond donors (Lipinski definition) is 2. The van der Waals surface area contributed by atoms with Crippen molar-refractivity contribution in [2.75, 3.05) is 0 Å². The molecule has 1 aliphatic heterocycles. The second-order valence-electron chi connectivity index (χ2n) is 4.75. The molecule has 110 valence electrons. The minimum Gasteiger partial charge on any atom is -0.480 e. The van der Waals surface area contributed by atoms with Gasteiger partial charge in [-0.05, 0) is 13.0 Å². The molecule has 0 aromatic rings. The highest BCUT2D eigenvalue weighted by Gasteiger charge is 2.26. The van der Waals surface area contributed by atoms with Gasteiger partial charge < -0.3 is 10.4 Å². The first kappa shape index (κ1) is 14.8. The molecule has 1 heterocycles. The Kier molecular flexibility index (Phi) is 4.42. The first-order valence-electron chi connectivity index (χ1n) is 6.54. The molecule has 2 aliphatic rings. The van der Waals surface area contributed by atoms with Crippen molar-refractivity contribution < 1.29 is 19.5 Å². The Morgan fingerprint density at radius 1 is 1.38 bits per heavy atom. The van der Waals surface area contributed by atoms with E-state index in [2.05, 4.69) is 15.3 Å². The van der Waals surface area contributed by atoms with Crippen LogP contribution in [0.4, 0.5) is 0 Å². The van der Waals surface area contributed by atoms with E-state index in [-0.39, 0.29) is 18.7 Å². The van der Waals surface area contributed by atoms with Gasteiger partial charge in [-0.2, -0.15) is 4.99 Å². The Labute approximate surface area is 121 Å². The van der Waals surface area contributed by atoms with Gasteiger partial charge in [-0.1, -0.05) is 18.2 Å². The van der Waals surface area contributed by atoms with E-state index >= 15 is 0 Å². The van der Waals surface area contributed by atoms with Gasteiger partial charge >= 0.3 is 5.97 Å². The lowest BCUT2D eigenvalue weighted by Crippen LogP contribution is -2.38.